The highest BCUT2D eigenvalue weighted by Crippen LogP contribution is 2.39. The van der Waals surface area contributed by atoms with E-state index in [1.54, 1.807) is 6.07 Å². The van der Waals surface area contributed by atoms with Crippen LogP contribution in [0.5, 0.6) is 0 Å². The van der Waals surface area contributed by atoms with Crippen molar-refractivity contribution in [1.29, 1.82) is 0 Å². The Morgan fingerprint density at radius 2 is 1.76 bits per heavy atom. The van der Waals surface area contributed by atoms with Crippen LogP contribution in [-0.4, -0.2) is 59.6 Å². The van der Waals surface area contributed by atoms with Crippen LogP contribution in [0.25, 0.3) is 0 Å². The number of halogens is 2. The zero-order valence-corrected chi connectivity index (χ0v) is 23.2. The van der Waals surface area contributed by atoms with Gasteiger partial charge in [0.1, 0.15) is 6.04 Å². The van der Waals surface area contributed by atoms with Gasteiger partial charge in [-0.15, -0.1) is 0 Å². The fraction of sp³-hybridized carbons (Fsp3) is 0.594. The van der Waals surface area contributed by atoms with Crippen LogP contribution in [-0.2, 0) is 11.2 Å². The van der Waals surface area contributed by atoms with Crippen molar-refractivity contribution >= 4 is 5.97 Å². The third kappa shape index (κ3) is 7.41. The molecule has 4 nitrogen and oxygen atoms in total. The third-order valence-corrected chi connectivity index (χ3v) is 8.90. The van der Waals surface area contributed by atoms with E-state index < -0.39 is 23.6 Å². The van der Waals surface area contributed by atoms with Crippen LogP contribution >= 0.6 is 0 Å². The Kier molecular flexibility index (Phi) is 9.59. The Labute approximate surface area is 227 Å². The first-order chi connectivity index (χ1) is 18.1. The Hall–Kier alpha value is -2.31. The number of hydrogen-bond acceptors (Lipinski definition) is 3. The molecule has 0 aromatic heterocycles. The summed E-state index contributed by atoms with van der Waals surface area (Å²) in [5.74, 6) is -1.17. The molecule has 38 heavy (non-hydrogen) atoms. The standard InChI is InChI=1S/C32H44F2N2O2/c1-23(2)18-30(31(37)38)36-21-26(27(22-36)25-9-5-4-6-10-25)20-35-16-14-32(3,15-17-35)13-7-8-24-11-12-28(33)29(34)19-24/h4-6,9-12,19,23,26-27,30H,7-8,13-18,20-22H2,1-3H3,(H,37,38)/t26-,27+,30?/m0/s1. The van der Waals surface area contributed by atoms with Crippen LogP contribution in [0.3, 0.4) is 0 Å². The Morgan fingerprint density at radius 3 is 2.39 bits per heavy atom. The van der Waals surface area contributed by atoms with Crippen LogP contribution in [0.15, 0.2) is 48.5 Å². The molecule has 0 amide bonds. The second-order valence-corrected chi connectivity index (χ2v) is 12.4. The van der Waals surface area contributed by atoms with Crippen LogP contribution in [0.2, 0.25) is 0 Å². The van der Waals surface area contributed by atoms with Gasteiger partial charge in [-0.2, -0.15) is 0 Å². The smallest absolute Gasteiger partial charge is 0.320 e. The summed E-state index contributed by atoms with van der Waals surface area (Å²) in [6, 6.07) is 14.4. The molecule has 2 aliphatic rings. The van der Waals surface area contributed by atoms with Gasteiger partial charge in [0.15, 0.2) is 11.6 Å². The lowest BCUT2D eigenvalue weighted by Crippen LogP contribution is -2.43. The monoisotopic (exact) mass is 526 g/mol. The summed E-state index contributed by atoms with van der Waals surface area (Å²) in [6.07, 6.45) is 5.76. The van der Waals surface area contributed by atoms with E-state index in [9.17, 15) is 18.7 Å². The largest absolute Gasteiger partial charge is 0.480 e. The van der Waals surface area contributed by atoms with Gasteiger partial charge in [-0.05, 0) is 92.1 Å². The van der Waals surface area contributed by atoms with E-state index in [1.807, 2.05) is 6.07 Å². The molecule has 0 radical (unpaired) electrons. The Bertz CT molecular complexity index is 1050. The highest BCUT2D eigenvalue weighted by molar-refractivity contribution is 5.73. The number of aryl methyl sites for hydroxylation is 1. The first-order valence-electron chi connectivity index (χ1n) is 14.3. The first kappa shape index (κ1) is 28.7. The predicted octanol–water partition coefficient (Wildman–Crippen LogP) is 6.60. The number of carboxylic acid groups (broad SMARTS) is 1. The van der Waals surface area contributed by atoms with Gasteiger partial charge < -0.3 is 10.0 Å². The SMILES string of the molecule is CC(C)CC(C(=O)O)N1C[C@H](CN2CCC(C)(CCCc3ccc(F)c(F)c3)CC2)[C@@H](c2ccccc2)C1. The quantitative estimate of drug-likeness (QED) is 0.358. The average Bonchev–Trinajstić information content (AvgIpc) is 3.30. The molecule has 4 rings (SSSR count). The van der Waals surface area contributed by atoms with E-state index in [4.69, 9.17) is 0 Å². The van der Waals surface area contributed by atoms with E-state index in [1.165, 1.54) is 17.7 Å². The van der Waals surface area contributed by atoms with E-state index >= 15 is 0 Å². The summed E-state index contributed by atoms with van der Waals surface area (Å²) in [6.45, 7) is 11.3. The number of carbonyl (C=O) groups is 1. The maximum atomic E-state index is 13.5. The van der Waals surface area contributed by atoms with Crippen molar-refractivity contribution in [3.8, 4) is 0 Å². The number of benzene rings is 2. The number of likely N-dealkylation sites (tertiary alicyclic amines) is 2. The number of rotatable bonds is 11. The summed E-state index contributed by atoms with van der Waals surface area (Å²) in [5, 5.41) is 9.99. The molecule has 208 valence electrons. The molecule has 0 saturated carbocycles. The molecule has 2 fully saturated rings. The molecule has 0 spiro atoms. The lowest BCUT2D eigenvalue weighted by atomic mass is 9.76. The van der Waals surface area contributed by atoms with Gasteiger partial charge >= 0.3 is 5.97 Å². The molecule has 1 unspecified atom stereocenters. The molecule has 2 saturated heterocycles. The minimum absolute atomic E-state index is 0.265. The maximum absolute atomic E-state index is 13.5. The number of piperidine rings is 1. The molecule has 3 atom stereocenters. The average molecular weight is 527 g/mol. The third-order valence-electron chi connectivity index (χ3n) is 8.90. The van der Waals surface area contributed by atoms with Crippen molar-refractivity contribution in [2.24, 2.45) is 17.3 Å². The lowest BCUT2D eigenvalue weighted by molar-refractivity contribution is -0.143. The highest BCUT2D eigenvalue weighted by Gasteiger charge is 2.41. The maximum Gasteiger partial charge on any atom is 0.320 e. The zero-order chi connectivity index (χ0) is 27.3. The van der Waals surface area contributed by atoms with E-state index in [0.717, 1.165) is 70.4 Å². The second-order valence-electron chi connectivity index (χ2n) is 12.4. The van der Waals surface area contributed by atoms with Gasteiger partial charge in [0.05, 0.1) is 0 Å². The number of nitrogens with zero attached hydrogens (tertiary/aromatic N) is 2. The summed E-state index contributed by atoms with van der Waals surface area (Å²) >= 11 is 0. The Morgan fingerprint density at radius 1 is 1.05 bits per heavy atom. The van der Waals surface area contributed by atoms with Crippen LogP contribution in [0, 0.1) is 28.9 Å². The number of aliphatic carboxylic acids is 1. The zero-order valence-electron chi connectivity index (χ0n) is 23.2. The van der Waals surface area contributed by atoms with E-state index in [2.05, 4.69) is 54.8 Å². The van der Waals surface area contributed by atoms with Crippen molar-refractivity contribution < 1.29 is 18.7 Å². The first-order valence-corrected chi connectivity index (χ1v) is 14.3. The summed E-state index contributed by atoms with van der Waals surface area (Å²) in [4.78, 5) is 17.0. The van der Waals surface area contributed by atoms with Gasteiger partial charge in [-0.3, -0.25) is 9.69 Å². The van der Waals surface area contributed by atoms with Crippen LogP contribution in [0.1, 0.15) is 69.9 Å². The van der Waals surface area contributed by atoms with Crippen molar-refractivity contribution in [3.63, 3.8) is 0 Å². The van der Waals surface area contributed by atoms with Gasteiger partial charge in [0.2, 0.25) is 0 Å². The molecule has 2 aromatic carbocycles. The van der Waals surface area contributed by atoms with Crippen molar-refractivity contribution in [1.82, 2.24) is 9.80 Å². The van der Waals surface area contributed by atoms with Crippen LogP contribution in [0.4, 0.5) is 8.78 Å². The molecular weight excluding hydrogens is 482 g/mol. The molecule has 2 aliphatic heterocycles. The molecular formula is C32H44F2N2O2. The fourth-order valence-electron chi connectivity index (χ4n) is 6.55. The number of carboxylic acids is 1. The highest BCUT2D eigenvalue weighted by atomic mass is 19.2. The van der Waals surface area contributed by atoms with Crippen molar-refractivity contribution in [2.45, 2.75) is 71.3 Å². The van der Waals surface area contributed by atoms with Gasteiger partial charge in [-0.25, -0.2) is 8.78 Å². The van der Waals surface area contributed by atoms with E-state index in [0.29, 0.717) is 24.2 Å². The molecule has 2 aromatic rings. The predicted molar refractivity (Wildman–Crippen MR) is 148 cm³/mol. The van der Waals surface area contributed by atoms with Gasteiger partial charge in [0.25, 0.3) is 0 Å². The van der Waals surface area contributed by atoms with E-state index in [-0.39, 0.29) is 5.41 Å². The minimum Gasteiger partial charge on any atom is -0.480 e. The second kappa shape index (κ2) is 12.7. The molecule has 2 heterocycles. The summed E-state index contributed by atoms with van der Waals surface area (Å²) in [5.41, 5.74) is 2.44. The fourth-order valence-corrected chi connectivity index (χ4v) is 6.55. The minimum atomic E-state index is -0.786. The van der Waals surface area contributed by atoms with Gasteiger partial charge in [-0.1, -0.05) is 57.2 Å². The normalized spacial score (nSPS) is 23.1. The molecule has 0 aliphatic carbocycles. The summed E-state index contributed by atoms with van der Waals surface area (Å²) in [7, 11) is 0. The van der Waals surface area contributed by atoms with Gasteiger partial charge in [0, 0.05) is 25.6 Å². The topological polar surface area (TPSA) is 43.8 Å². The lowest BCUT2D eigenvalue weighted by Gasteiger charge is -2.41. The van der Waals surface area contributed by atoms with Crippen molar-refractivity contribution in [3.05, 3.63) is 71.3 Å². The molecule has 0 bridgehead atoms. The molecule has 1 N–H and O–H groups in total. The molecule has 6 heteroatoms. The van der Waals surface area contributed by atoms with Crippen LogP contribution < -0.4 is 0 Å². The van der Waals surface area contributed by atoms with Crippen molar-refractivity contribution in [2.75, 3.05) is 32.7 Å². The number of hydrogen-bond donors (Lipinski definition) is 1. The Balaban J connectivity index is 1.34. The summed E-state index contributed by atoms with van der Waals surface area (Å²) < 4.78 is 26.7.